The van der Waals surface area contributed by atoms with Gasteiger partial charge in [0.2, 0.25) is 0 Å². The van der Waals surface area contributed by atoms with E-state index < -0.39 is 0 Å². The van der Waals surface area contributed by atoms with Crippen LogP contribution in [0.25, 0.3) is 0 Å². The van der Waals surface area contributed by atoms with Crippen molar-refractivity contribution >= 4 is 15.9 Å². The average Bonchev–Trinajstić information content (AvgIpc) is 3.17. The highest BCUT2D eigenvalue weighted by molar-refractivity contribution is 9.10. The van der Waals surface area contributed by atoms with Crippen molar-refractivity contribution in [3.05, 3.63) is 57.6 Å². The van der Waals surface area contributed by atoms with Crippen molar-refractivity contribution in [2.45, 2.75) is 45.9 Å². The predicted octanol–water partition coefficient (Wildman–Crippen LogP) is 5.00. The Balaban J connectivity index is 1.66. The van der Waals surface area contributed by atoms with Crippen molar-refractivity contribution in [3.63, 3.8) is 0 Å². The summed E-state index contributed by atoms with van der Waals surface area (Å²) in [6, 6.07) is 12.3. The van der Waals surface area contributed by atoms with Crippen molar-refractivity contribution in [1.29, 1.82) is 0 Å². The molecule has 1 unspecified atom stereocenters. The maximum atomic E-state index is 6.08. The number of hydrogen-bond acceptors (Lipinski definition) is 4. The van der Waals surface area contributed by atoms with Gasteiger partial charge in [-0.15, -0.1) is 0 Å². The van der Waals surface area contributed by atoms with E-state index in [0.717, 1.165) is 54.1 Å². The van der Waals surface area contributed by atoms with E-state index in [0.29, 0.717) is 19.3 Å². The molecule has 5 heteroatoms. The fraction of sp³-hybridized carbons (Fsp3) is 0.455. The van der Waals surface area contributed by atoms with Gasteiger partial charge in [0.15, 0.2) is 11.5 Å². The van der Waals surface area contributed by atoms with Gasteiger partial charge in [0.1, 0.15) is 6.61 Å². The molecule has 1 fully saturated rings. The Hall–Kier alpha value is -1.56. The van der Waals surface area contributed by atoms with E-state index >= 15 is 0 Å². The van der Waals surface area contributed by atoms with Crippen molar-refractivity contribution in [2.24, 2.45) is 0 Å². The zero-order valence-corrected chi connectivity index (χ0v) is 17.7. The monoisotopic (exact) mass is 433 g/mol. The summed E-state index contributed by atoms with van der Waals surface area (Å²) >= 11 is 3.68. The molecule has 0 saturated carbocycles. The molecule has 0 aromatic heterocycles. The van der Waals surface area contributed by atoms with Crippen LogP contribution < -0.4 is 14.8 Å². The molecular formula is C22H28BrNO3. The molecular weight excluding hydrogens is 406 g/mol. The largest absolute Gasteiger partial charge is 0.490 e. The van der Waals surface area contributed by atoms with E-state index in [4.69, 9.17) is 14.2 Å². The van der Waals surface area contributed by atoms with Crippen LogP contribution in [0.2, 0.25) is 0 Å². The highest BCUT2D eigenvalue weighted by Gasteiger charge is 2.16. The Kier molecular flexibility index (Phi) is 7.56. The van der Waals surface area contributed by atoms with Crippen LogP contribution in [0.5, 0.6) is 11.5 Å². The van der Waals surface area contributed by atoms with Gasteiger partial charge in [0, 0.05) is 24.2 Å². The van der Waals surface area contributed by atoms with E-state index in [1.54, 1.807) is 0 Å². The number of hydrogen-bond donors (Lipinski definition) is 1. The number of nitrogens with one attached hydrogen (secondary N) is 1. The van der Waals surface area contributed by atoms with Gasteiger partial charge in [-0.05, 0) is 55.5 Å². The van der Waals surface area contributed by atoms with Crippen LogP contribution in [-0.2, 0) is 17.9 Å². The van der Waals surface area contributed by atoms with E-state index in [1.165, 1.54) is 11.1 Å². The van der Waals surface area contributed by atoms with Crippen LogP contribution >= 0.6 is 15.9 Å². The molecule has 1 aliphatic heterocycles. The summed E-state index contributed by atoms with van der Waals surface area (Å²) in [5, 5.41) is 3.49. The Bertz CT molecular complexity index is 744. The lowest BCUT2D eigenvalue weighted by atomic mass is 10.1. The summed E-state index contributed by atoms with van der Waals surface area (Å²) in [5.74, 6) is 1.54. The highest BCUT2D eigenvalue weighted by Crippen LogP contribution is 2.34. The third-order valence-electron chi connectivity index (χ3n) is 4.77. The van der Waals surface area contributed by atoms with E-state index in [1.807, 2.05) is 25.1 Å². The van der Waals surface area contributed by atoms with Crippen molar-refractivity contribution in [3.8, 4) is 11.5 Å². The van der Waals surface area contributed by atoms with Gasteiger partial charge in [-0.3, -0.25) is 0 Å². The Morgan fingerprint density at radius 3 is 2.70 bits per heavy atom. The van der Waals surface area contributed by atoms with E-state index in [-0.39, 0.29) is 0 Å². The summed E-state index contributed by atoms with van der Waals surface area (Å²) in [5.41, 5.74) is 3.56. The fourth-order valence-electron chi connectivity index (χ4n) is 3.19. The van der Waals surface area contributed by atoms with E-state index in [2.05, 4.69) is 46.4 Å². The summed E-state index contributed by atoms with van der Waals surface area (Å²) in [7, 11) is 0. The summed E-state index contributed by atoms with van der Waals surface area (Å²) in [4.78, 5) is 0. The van der Waals surface area contributed by atoms with Crippen LogP contribution in [0.1, 0.15) is 36.5 Å². The van der Waals surface area contributed by atoms with E-state index in [9.17, 15) is 0 Å². The molecule has 27 heavy (non-hydrogen) atoms. The zero-order chi connectivity index (χ0) is 19.1. The zero-order valence-electron chi connectivity index (χ0n) is 16.1. The van der Waals surface area contributed by atoms with Crippen molar-refractivity contribution in [2.75, 3.05) is 19.8 Å². The number of halogens is 1. The second kappa shape index (κ2) is 10.1. The minimum Gasteiger partial charge on any atom is -0.490 e. The van der Waals surface area contributed by atoms with Crippen LogP contribution in [0.4, 0.5) is 0 Å². The first-order valence-corrected chi connectivity index (χ1v) is 10.4. The SMILES string of the molecule is CCOc1cc(CNCC2CCCO2)c(Br)cc1OCc1ccccc1C. The standard InChI is InChI=1S/C22H28BrNO3/c1-3-25-21-11-18(13-24-14-19-9-6-10-26-19)20(23)12-22(21)27-15-17-8-5-4-7-16(17)2/h4-5,7-8,11-12,19,24H,3,6,9-10,13-15H2,1-2H3. The molecule has 1 N–H and O–H groups in total. The molecule has 1 aliphatic rings. The maximum Gasteiger partial charge on any atom is 0.162 e. The third kappa shape index (κ3) is 5.71. The lowest BCUT2D eigenvalue weighted by Gasteiger charge is -2.17. The molecule has 0 radical (unpaired) electrons. The molecule has 2 aromatic rings. The molecule has 0 amide bonds. The second-order valence-electron chi connectivity index (χ2n) is 6.80. The molecule has 0 aliphatic carbocycles. The summed E-state index contributed by atoms with van der Waals surface area (Å²) in [6.45, 7) is 7.74. The number of rotatable bonds is 9. The van der Waals surface area contributed by atoms with Crippen LogP contribution in [0.3, 0.4) is 0 Å². The number of benzene rings is 2. The highest BCUT2D eigenvalue weighted by atomic mass is 79.9. The van der Waals surface area contributed by atoms with Gasteiger partial charge >= 0.3 is 0 Å². The molecule has 1 heterocycles. The van der Waals surface area contributed by atoms with Crippen LogP contribution in [0, 0.1) is 6.92 Å². The van der Waals surface area contributed by atoms with Crippen LogP contribution in [0.15, 0.2) is 40.9 Å². The summed E-state index contributed by atoms with van der Waals surface area (Å²) in [6.07, 6.45) is 2.65. The van der Waals surface area contributed by atoms with Gasteiger partial charge in [0.25, 0.3) is 0 Å². The first-order chi connectivity index (χ1) is 13.2. The molecule has 0 bridgehead atoms. The number of aryl methyl sites for hydroxylation is 1. The molecule has 2 aromatic carbocycles. The predicted molar refractivity (Wildman–Crippen MR) is 112 cm³/mol. The second-order valence-corrected chi connectivity index (χ2v) is 7.66. The Morgan fingerprint density at radius 2 is 1.96 bits per heavy atom. The van der Waals surface area contributed by atoms with Crippen LogP contribution in [-0.4, -0.2) is 25.9 Å². The van der Waals surface area contributed by atoms with Gasteiger partial charge < -0.3 is 19.5 Å². The van der Waals surface area contributed by atoms with Gasteiger partial charge in [-0.25, -0.2) is 0 Å². The first kappa shape index (κ1) is 20.2. The third-order valence-corrected chi connectivity index (χ3v) is 5.51. The Morgan fingerprint density at radius 1 is 1.15 bits per heavy atom. The smallest absolute Gasteiger partial charge is 0.162 e. The minimum absolute atomic E-state index is 0.340. The van der Waals surface area contributed by atoms with Crippen molar-refractivity contribution in [1.82, 2.24) is 5.32 Å². The average molecular weight is 434 g/mol. The molecule has 0 spiro atoms. The molecule has 4 nitrogen and oxygen atoms in total. The summed E-state index contributed by atoms with van der Waals surface area (Å²) < 4.78 is 18.6. The molecule has 1 saturated heterocycles. The Labute approximate surface area is 170 Å². The fourth-order valence-corrected chi connectivity index (χ4v) is 3.66. The van der Waals surface area contributed by atoms with Gasteiger partial charge in [-0.1, -0.05) is 40.2 Å². The topological polar surface area (TPSA) is 39.7 Å². The lowest BCUT2D eigenvalue weighted by molar-refractivity contribution is 0.110. The minimum atomic E-state index is 0.340. The molecule has 1 atom stereocenters. The normalized spacial score (nSPS) is 16.5. The van der Waals surface area contributed by atoms with Gasteiger partial charge in [0.05, 0.1) is 12.7 Å². The van der Waals surface area contributed by atoms with Crippen molar-refractivity contribution < 1.29 is 14.2 Å². The first-order valence-electron chi connectivity index (χ1n) is 9.62. The molecule has 146 valence electrons. The maximum absolute atomic E-state index is 6.08. The number of ether oxygens (including phenoxy) is 3. The lowest BCUT2D eigenvalue weighted by Crippen LogP contribution is -2.25. The molecule has 3 rings (SSSR count). The quantitative estimate of drug-likeness (QED) is 0.603. The van der Waals surface area contributed by atoms with Gasteiger partial charge in [-0.2, -0.15) is 0 Å².